The molecule has 1 aliphatic rings. The van der Waals surface area contributed by atoms with E-state index in [1.165, 1.54) is 4.63 Å². The van der Waals surface area contributed by atoms with E-state index in [1.807, 2.05) is 17.9 Å². The number of fused-ring (bicyclic) bond motifs is 1. The molecule has 0 bridgehead atoms. The Balaban J connectivity index is 1.90. The van der Waals surface area contributed by atoms with Gasteiger partial charge in [0.05, 0.1) is 6.61 Å². The number of carbonyl (C=O) groups is 1. The second-order valence-electron chi connectivity index (χ2n) is 4.68. The lowest BCUT2D eigenvalue weighted by Crippen LogP contribution is -2.46. The molecule has 0 aliphatic carbocycles. The molecule has 1 saturated heterocycles. The maximum absolute atomic E-state index is 12.1. The zero-order chi connectivity index (χ0) is 13.9. The van der Waals surface area contributed by atoms with Crippen molar-refractivity contribution in [1.82, 2.24) is 25.3 Å². The molecule has 0 amide bonds. The molecule has 0 N–H and O–H groups in total. The number of nitrogens with zero attached hydrogens (tertiary/aromatic N) is 6. The molecule has 20 heavy (non-hydrogen) atoms. The van der Waals surface area contributed by atoms with E-state index in [0.717, 1.165) is 25.8 Å². The summed E-state index contributed by atoms with van der Waals surface area (Å²) < 4.78 is 6.52. The molecular weight excluding hydrogens is 260 g/mol. The largest absolute Gasteiger partial charge is 0.464 e. The van der Waals surface area contributed by atoms with Crippen molar-refractivity contribution in [2.24, 2.45) is 0 Å². The van der Waals surface area contributed by atoms with Crippen LogP contribution < -0.4 is 4.90 Å². The minimum atomic E-state index is -0.273. The lowest BCUT2D eigenvalue weighted by molar-refractivity contribution is -0.145. The van der Waals surface area contributed by atoms with Gasteiger partial charge in [-0.2, -0.15) is 0 Å². The summed E-state index contributed by atoms with van der Waals surface area (Å²) >= 11 is 0. The van der Waals surface area contributed by atoms with E-state index < -0.39 is 0 Å². The fourth-order valence-corrected chi connectivity index (χ4v) is 2.48. The minimum Gasteiger partial charge on any atom is -0.464 e. The Morgan fingerprint density at radius 3 is 3.20 bits per heavy atom. The van der Waals surface area contributed by atoms with E-state index in [0.29, 0.717) is 18.1 Å². The lowest BCUT2D eigenvalue weighted by atomic mass is 10.0. The lowest BCUT2D eigenvalue weighted by Gasteiger charge is -2.34. The Hall–Kier alpha value is -2.25. The van der Waals surface area contributed by atoms with Crippen molar-refractivity contribution < 1.29 is 9.53 Å². The Bertz CT molecular complexity index is 613. The predicted molar refractivity (Wildman–Crippen MR) is 70.2 cm³/mol. The minimum absolute atomic E-state index is 0.189. The van der Waals surface area contributed by atoms with Gasteiger partial charge in [0.15, 0.2) is 11.5 Å². The topological polar surface area (TPSA) is 85.5 Å². The maximum atomic E-state index is 12.1. The Labute approximate surface area is 115 Å². The van der Waals surface area contributed by atoms with Gasteiger partial charge in [-0.1, -0.05) is 0 Å². The van der Waals surface area contributed by atoms with Gasteiger partial charge in [-0.25, -0.2) is 4.79 Å². The molecule has 1 unspecified atom stereocenters. The van der Waals surface area contributed by atoms with E-state index in [4.69, 9.17) is 4.74 Å². The Morgan fingerprint density at radius 2 is 2.35 bits per heavy atom. The molecule has 106 valence electrons. The number of tetrazole rings is 1. The highest BCUT2D eigenvalue weighted by atomic mass is 16.5. The number of aromatic nitrogens is 5. The molecule has 0 spiro atoms. The number of esters is 1. The molecule has 1 fully saturated rings. The molecule has 8 heteroatoms. The molecule has 3 rings (SSSR count). The van der Waals surface area contributed by atoms with Gasteiger partial charge in [0.1, 0.15) is 6.04 Å². The van der Waals surface area contributed by atoms with Crippen molar-refractivity contribution in [3.63, 3.8) is 0 Å². The standard InChI is InChI=1S/C12H16N6O2/c1-2-20-12(19)9-5-3-4-8-17(9)11-7-6-10-13-15-16-18(10)14-11/h6-7,9H,2-5,8H2,1H3. The average molecular weight is 276 g/mol. The highest BCUT2D eigenvalue weighted by Crippen LogP contribution is 2.23. The summed E-state index contributed by atoms with van der Waals surface area (Å²) in [5.41, 5.74) is 0.582. The maximum Gasteiger partial charge on any atom is 0.328 e. The zero-order valence-corrected chi connectivity index (χ0v) is 11.3. The molecule has 8 nitrogen and oxygen atoms in total. The van der Waals surface area contributed by atoms with Crippen LogP contribution in [0.5, 0.6) is 0 Å². The molecule has 1 atom stereocenters. The number of piperidine rings is 1. The summed E-state index contributed by atoms with van der Waals surface area (Å²) in [4.78, 5) is 14.0. The van der Waals surface area contributed by atoms with Crippen LogP contribution in [0.1, 0.15) is 26.2 Å². The van der Waals surface area contributed by atoms with Crippen molar-refractivity contribution in [3.8, 4) is 0 Å². The number of hydrogen-bond acceptors (Lipinski definition) is 7. The summed E-state index contributed by atoms with van der Waals surface area (Å²) in [6, 6.07) is 3.35. The molecule has 0 radical (unpaired) electrons. The molecule has 0 saturated carbocycles. The summed E-state index contributed by atoms with van der Waals surface area (Å²) in [5.74, 6) is 0.508. The van der Waals surface area contributed by atoms with E-state index >= 15 is 0 Å². The number of rotatable bonds is 3. The van der Waals surface area contributed by atoms with Crippen LogP contribution in [0.15, 0.2) is 12.1 Å². The van der Waals surface area contributed by atoms with Crippen molar-refractivity contribution >= 4 is 17.4 Å². The van der Waals surface area contributed by atoms with Crippen LogP contribution in [-0.2, 0) is 9.53 Å². The highest BCUT2D eigenvalue weighted by molar-refractivity contribution is 5.80. The van der Waals surface area contributed by atoms with Gasteiger partial charge in [0.2, 0.25) is 0 Å². The SMILES string of the molecule is CCOC(=O)C1CCCCN1c1ccc2nnnn2n1. The third-order valence-electron chi connectivity index (χ3n) is 3.41. The van der Waals surface area contributed by atoms with Crippen molar-refractivity contribution in [1.29, 1.82) is 0 Å². The van der Waals surface area contributed by atoms with Gasteiger partial charge in [0.25, 0.3) is 0 Å². The summed E-state index contributed by atoms with van der Waals surface area (Å²) in [5, 5.41) is 15.5. The number of ether oxygens (including phenoxy) is 1. The van der Waals surface area contributed by atoms with E-state index in [9.17, 15) is 4.79 Å². The van der Waals surface area contributed by atoms with Crippen LogP contribution in [0.2, 0.25) is 0 Å². The van der Waals surface area contributed by atoms with Crippen LogP contribution in [0, 0.1) is 0 Å². The molecule has 3 heterocycles. The van der Waals surface area contributed by atoms with Crippen LogP contribution in [0.3, 0.4) is 0 Å². The van der Waals surface area contributed by atoms with Gasteiger partial charge < -0.3 is 9.64 Å². The van der Waals surface area contributed by atoms with Gasteiger partial charge in [-0.3, -0.25) is 0 Å². The van der Waals surface area contributed by atoms with Gasteiger partial charge in [0, 0.05) is 6.54 Å². The van der Waals surface area contributed by atoms with Gasteiger partial charge in [-0.15, -0.1) is 14.8 Å². The van der Waals surface area contributed by atoms with Crippen LogP contribution in [0.25, 0.3) is 5.65 Å². The second-order valence-corrected chi connectivity index (χ2v) is 4.68. The summed E-state index contributed by atoms with van der Waals surface area (Å²) in [7, 11) is 0. The van der Waals surface area contributed by atoms with Gasteiger partial charge in [-0.05, 0) is 48.7 Å². The van der Waals surface area contributed by atoms with Crippen molar-refractivity contribution in [2.45, 2.75) is 32.2 Å². The van der Waals surface area contributed by atoms with E-state index in [2.05, 4.69) is 20.6 Å². The Kier molecular flexibility index (Phi) is 3.44. The first-order valence-electron chi connectivity index (χ1n) is 6.78. The van der Waals surface area contributed by atoms with Crippen LogP contribution in [-0.4, -0.2) is 50.4 Å². The fourth-order valence-electron chi connectivity index (χ4n) is 2.48. The van der Waals surface area contributed by atoms with E-state index in [-0.39, 0.29) is 12.0 Å². The molecular formula is C12H16N6O2. The zero-order valence-electron chi connectivity index (χ0n) is 11.3. The fraction of sp³-hybridized carbons (Fsp3) is 0.583. The molecule has 1 aliphatic heterocycles. The predicted octanol–water partition coefficient (Wildman–Crippen LogP) is 0.441. The number of carbonyl (C=O) groups excluding carboxylic acids is 1. The first-order valence-corrected chi connectivity index (χ1v) is 6.78. The summed E-state index contributed by atoms with van der Waals surface area (Å²) in [6.45, 7) is 2.99. The van der Waals surface area contributed by atoms with E-state index in [1.54, 1.807) is 6.07 Å². The van der Waals surface area contributed by atoms with Crippen molar-refractivity contribution in [3.05, 3.63) is 12.1 Å². The first-order chi connectivity index (χ1) is 9.79. The number of anilines is 1. The Morgan fingerprint density at radius 1 is 1.45 bits per heavy atom. The monoisotopic (exact) mass is 276 g/mol. The van der Waals surface area contributed by atoms with Crippen LogP contribution in [0.4, 0.5) is 5.82 Å². The molecule has 0 aromatic carbocycles. The molecule has 2 aromatic rings. The van der Waals surface area contributed by atoms with Crippen molar-refractivity contribution in [2.75, 3.05) is 18.1 Å². The molecule has 2 aromatic heterocycles. The smallest absolute Gasteiger partial charge is 0.328 e. The highest BCUT2D eigenvalue weighted by Gasteiger charge is 2.31. The average Bonchev–Trinajstić information content (AvgIpc) is 2.95. The third kappa shape index (κ3) is 2.28. The summed E-state index contributed by atoms with van der Waals surface area (Å²) in [6.07, 6.45) is 2.84. The quantitative estimate of drug-likeness (QED) is 0.752. The van der Waals surface area contributed by atoms with Gasteiger partial charge >= 0.3 is 5.97 Å². The third-order valence-corrected chi connectivity index (χ3v) is 3.41. The second kappa shape index (κ2) is 5.40. The normalized spacial score (nSPS) is 19.2. The number of hydrogen-bond donors (Lipinski definition) is 0. The van der Waals surface area contributed by atoms with Crippen LogP contribution >= 0.6 is 0 Å². The first kappa shape index (κ1) is 12.8.